The molecular weight excluding hydrogens is 264 g/mol. The number of thioether (sulfide) groups is 1. The summed E-state index contributed by atoms with van der Waals surface area (Å²) in [5, 5.41) is 8.65. The van der Waals surface area contributed by atoms with Gasteiger partial charge in [-0.3, -0.25) is 9.59 Å². The van der Waals surface area contributed by atoms with Gasteiger partial charge in [-0.05, 0) is 19.1 Å². The van der Waals surface area contributed by atoms with Crippen LogP contribution in [0.2, 0.25) is 0 Å². The van der Waals surface area contributed by atoms with Crippen molar-refractivity contribution in [3.05, 3.63) is 30.3 Å². The van der Waals surface area contributed by atoms with Gasteiger partial charge in [0, 0.05) is 18.0 Å². The molecule has 0 aliphatic carbocycles. The first-order chi connectivity index (χ1) is 9.06. The molecule has 0 heterocycles. The van der Waals surface area contributed by atoms with E-state index >= 15 is 0 Å². The number of rotatable bonds is 7. The molecule has 0 aromatic heterocycles. The summed E-state index contributed by atoms with van der Waals surface area (Å²) in [6.07, 6.45) is 0. The zero-order valence-electron chi connectivity index (χ0n) is 10.8. The van der Waals surface area contributed by atoms with Crippen molar-refractivity contribution in [1.82, 2.24) is 0 Å². The number of anilines is 1. The Bertz CT molecular complexity index is 425. The van der Waals surface area contributed by atoms with E-state index in [1.54, 1.807) is 4.90 Å². The summed E-state index contributed by atoms with van der Waals surface area (Å²) in [4.78, 5) is 24.3. The molecular formula is C13H18N2O3S. The van der Waals surface area contributed by atoms with E-state index in [4.69, 9.17) is 10.8 Å². The molecule has 1 amide bonds. The van der Waals surface area contributed by atoms with Crippen LogP contribution in [0, 0.1) is 0 Å². The van der Waals surface area contributed by atoms with E-state index in [9.17, 15) is 9.59 Å². The van der Waals surface area contributed by atoms with Gasteiger partial charge in [0.2, 0.25) is 5.91 Å². The lowest BCUT2D eigenvalue weighted by Crippen LogP contribution is -2.35. The van der Waals surface area contributed by atoms with E-state index in [-0.39, 0.29) is 17.4 Å². The van der Waals surface area contributed by atoms with Crippen molar-refractivity contribution in [1.29, 1.82) is 0 Å². The maximum absolute atomic E-state index is 12.0. The fourth-order valence-electron chi connectivity index (χ4n) is 1.53. The normalized spacial score (nSPS) is 11.9. The van der Waals surface area contributed by atoms with Gasteiger partial charge in [-0.25, -0.2) is 0 Å². The first-order valence-corrected chi connectivity index (χ1v) is 7.13. The highest BCUT2D eigenvalue weighted by molar-refractivity contribution is 8.00. The Hall–Kier alpha value is -1.53. The highest BCUT2D eigenvalue weighted by atomic mass is 32.2. The molecule has 0 radical (unpaired) electrons. The van der Waals surface area contributed by atoms with Gasteiger partial charge in [0.05, 0.1) is 5.75 Å². The molecule has 6 heteroatoms. The molecule has 104 valence electrons. The first-order valence-electron chi connectivity index (χ1n) is 5.97. The number of aliphatic carboxylic acids is 1. The summed E-state index contributed by atoms with van der Waals surface area (Å²) in [5.74, 6) is -0.636. The second kappa shape index (κ2) is 7.81. The number of amides is 1. The lowest BCUT2D eigenvalue weighted by Gasteiger charge is -2.21. The average molecular weight is 282 g/mol. The second-order valence-electron chi connectivity index (χ2n) is 3.93. The number of hydrogen-bond acceptors (Lipinski definition) is 4. The monoisotopic (exact) mass is 282 g/mol. The number of carboxylic acid groups (broad SMARTS) is 1. The number of benzene rings is 1. The largest absolute Gasteiger partial charge is 0.480 e. The van der Waals surface area contributed by atoms with Crippen LogP contribution in [-0.4, -0.2) is 41.1 Å². The van der Waals surface area contributed by atoms with E-state index in [0.29, 0.717) is 6.54 Å². The average Bonchev–Trinajstić information content (AvgIpc) is 2.40. The third-order valence-electron chi connectivity index (χ3n) is 2.53. The lowest BCUT2D eigenvalue weighted by molar-refractivity contribution is -0.137. The molecule has 0 spiro atoms. The Labute approximate surface area is 116 Å². The molecule has 1 atom stereocenters. The van der Waals surface area contributed by atoms with Crippen molar-refractivity contribution >= 4 is 29.3 Å². The number of nitrogens with two attached hydrogens (primary N) is 1. The standard InChI is InChI=1S/C13H18N2O3S/c1-2-15(10-6-4-3-5-7-10)12(16)9-19-8-11(14)13(17)18/h3-7,11H,2,8-9,14H2,1H3,(H,17,18). The highest BCUT2D eigenvalue weighted by Crippen LogP contribution is 2.15. The molecule has 1 rings (SSSR count). The van der Waals surface area contributed by atoms with Crippen LogP contribution in [-0.2, 0) is 9.59 Å². The van der Waals surface area contributed by atoms with E-state index in [1.807, 2.05) is 37.3 Å². The Balaban J connectivity index is 2.49. The summed E-state index contributed by atoms with van der Waals surface area (Å²) in [6, 6.07) is 8.45. The molecule has 5 nitrogen and oxygen atoms in total. The fourth-order valence-corrected chi connectivity index (χ4v) is 2.38. The fraction of sp³-hybridized carbons (Fsp3) is 0.385. The zero-order valence-corrected chi connectivity index (χ0v) is 11.6. The van der Waals surface area contributed by atoms with Gasteiger partial charge in [-0.15, -0.1) is 11.8 Å². The summed E-state index contributed by atoms with van der Waals surface area (Å²) < 4.78 is 0. The van der Waals surface area contributed by atoms with Crippen LogP contribution in [0.4, 0.5) is 5.69 Å². The maximum atomic E-state index is 12.0. The van der Waals surface area contributed by atoms with Gasteiger partial charge < -0.3 is 15.7 Å². The third-order valence-corrected chi connectivity index (χ3v) is 3.57. The SMILES string of the molecule is CCN(C(=O)CSCC(N)C(=O)O)c1ccccc1. The molecule has 0 saturated heterocycles. The highest BCUT2D eigenvalue weighted by Gasteiger charge is 2.16. The van der Waals surface area contributed by atoms with Gasteiger partial charge in [0.25, 0.3) is 0 Å². The van der Waals surface area contributed by atoms with Crippen LogP contribution in [0.1, 0.15) is 6.92 Å². The molecule has 1 aromatic rings. The molecule has 0 aliphatic rings. The van der Waals surface area contributed by atoms with Crippen LogP contribution in [0.15, 0.2) is 30.3 Å². The Morgan fingerprint density at radius 2 is 2.00 bits per heavy atom. The maximum Gasteiger partial charge on any atom is 0.321 e. The first kappa shape index (κ1) is 15.5. The summed E-state index contributed by atoms with van der Waals surface area (Å²) >= 11 is 1.24. The zero-order chi connectivity index (χ0) is 14.3. The topological polar surface area (TPSA) is 83.6 Å². The number of carboxylic acids is 1. The summed E-state index contributed by atoms with van der Waals surface area (Å²) in [7, 11) is 0. The minimum Gasteiger partial charge on any atom is -0.480 e. The van der Waals surface area contributed by atoms with Crippen molar-refractivity contribution in [2.75, 3.05) is 23.0 Å². The van der Waals surface area contributed by atoms with E-state index in [0.717, 1.165) is 5.69 Å². The predicted octanol–water partition coefficient (Wildman–Crippen LogP) is 1.18. The van der Waals surface area contributed by atoms with Crippen molar-refractivity contribution in [2.45, 2.75) is 13.0 Å². The molecule has 0 saturated carbocycles. The van der Waals surface area contributed by atoms with E-state index in [1.165, 1.54) is 11.8 Å². The third kappa shape index (κ3) is 4.92. The number of carbonyl (C=O) groups is 2. The van der Waals surface area contributed by atoms with Crippen LogP contribution < -0.4 is 10.6 Å². The molecule has 1 aromatic carbocycles. The van der Waals surface area contributed by atoms with Crippen LogP contribution in [0.25, 0.3) is 0 Å². The number of nitrogens with zero attached hydrogens (tertiary/aromatic N) is 1. The number of hydrogen-bond donors (Lipinski definition) is 2. The van der Waals surface area contributed by atoms with Crippen LogP contribution in [0.5, 0.6) is 0 Å². The van der Waals surface area contributed by atoms with Gasteiger partial charge in [0.1, 0.15) is 6.04 Å². The number of para-hydroxylation sites is 1. The van der Waals surface area contributed by atoms with E-state index in [2.05, 4.69) is 0 Å². The molecule has 0 aliphatic heterocycles. The lowest BCUT2D eigenvalue weighted by atomic mass is 10.3. The minimum atomic E-state index is -1.05. The van der Waals surface area contributed by atoms with Crippen molar-refractivity contribution in [3.8, 4) is 0 Å². The molecule has 19 heavy (non-hydrogen) atoms. The van der Waals surface area contributed by atoms with Gasteiger partial charge in [-0.1, -0.05) is 18.2 Å². The minimum absolute atomic E-state index is 0.0451. The Morgan fingerprint density at radius 3 is 2.53 bits per heavy atom. The second-order valence-corrected chi connectivity index (χ2v) is 4.96. The Kier molecular flexibility index (Phi) is 6.38. The molecule has 0 fully saturated rings. The quantitative estimate of drug-likeness (QED) is 0.784. The Morgan fingerprint density at radius 1 is 1.37 bits per heavy atom. The summed E-state index contributed by atoms with van der Waals surface area (Å²) in [5.41, 5.74) is 6.22. The smallest absolute Gasteiger partial charge is 0.321 e. The predicted molar refractivity (Wildman–Crippen MR) is 77.4 cm³/mol. The van der Waals surface area contributed by atoms with Crippen molar-refractivity contribution in [2.24, 2.45) is 5.73 Å². The van der Waals surface area contributed by atoms with Crippen molar-refractivity contribution < 1.29 is 14.7 Å². The van der Waals surface area contributed by atoms with Gasteiger partial charge >= 0.3 is 5.97 Å². The van der Waals surface area contributed by atoms with Gasteiger partial charge in [0.15, 0.2) is 0 Å². The van der Waals surface area contributed by atoms with Crippen LogP contribution in [0.3, 0.4) is 0 Å². The molecule has 3 N–H and O–H groups in total. The molecule has 0 bridgehead atoms. The van der Waals surface area contributed by atoms with Gasteiger partial charge in [-0.2, -0.15) is 0 Å². The number of carbonyl (C=O) groups excluding carboxylic acids is 1. The van der Waals surface area contributed by atoms with Crippen LogP contribution >= 0.6 is 11.8 Å². The summed E-state index contributed by atoms with van der Waals surface area (Å²) in [6.45, 7) is 2.48. The van der Waals surface area contributed by atoms with E-state index < -0.39 is 12.0 Å². The molecule has 1 unspecified atom stereocenters. The van der Waals surface area contributed by atoms with Crippen molar-refractivity contribution in [3.63, 3.8) is 0 Å².